The summed E-state index contributed by atoms with van der Waals surface area (Å²) < 4.78 is 2.60. The molecule has 2 heteroatoms. The smallest absolute Gasteiger partial charge is 0.0640 e. The molecule has 1 aromatic heterocycles. The van der Waals surface area contributed by atoms with Gasteiger partial charge >= 0.3 is 0 Å². The molecule has 1 nitrogen and oxygen atoms in total. The summed E-state index contributed by atoms with van der Waals surface area (Å²) in [6.07, 6.45) is 0. The van der Waals surface area contributed by atoms with Crippen molar-refractivity contribution in [1.82, 2.24) is 0 Å². The van der Waals surface area contributed by atoms with Crippen molar-refractivity contribution in [3.63, 3.8) is 0 Å². The third kappa shape index (κ3) is 4.24. The Morgan fingerprint density at radius 3 is 1.75 bits per heavy atom. The molecule has 0 fully saturated rings. The molecule has 0 amide bonds. The number of anilines is 3. The number of nitrogens with zero attached hydrogens (tertiary/aromatic N) is 1. The Balaban J connectivity index is 1.18. The van der Waals surface area contributed by atoms with Crippen molar-refractivity contribution in [1.29, 1.82) is 0 Å². The van der Waals surface area contributed by atoms with E-state index in [2.05, 4.69) is 181 Å². The Morgan fingerprint density at radius 1 is 0.354 bits per heavy atom. The monoisotopic (exact) mass is 627 g/mol. The quantitative estimate of drug-likeness (QED) is 0.176. The fourth-order valence-electron chi connectivity index (χ4n) is 7.55. The summed E-state index contributed by atoms with van der Waals surface area (Å²) in [5, 5.41) is 12.8. The van der Waals surface area contributed by atoms with Gasteiger partial charge in [-0.25, -0.2) is 0 Å². The minimum atomic E-state index is 1.13. The average molecular weight is 628 g/mol. The highest BCUT2D eigenvalue weighted by atomic mass is 32.1. The summed E-state index contributed by atoms with van der Waals surface area (Å²) in [5.74, 6) is 0. The van der Waals surface area contributed by atoms with Gasteiger partial charge in [0.2, 0.25) is 0 Å². The second-order valence-electron chi connectivity index (χ2n) is 12.5. The number of benzene rings is 9. The van der Waals surface area contributed by atoms with E-state index in [1.165, 1.54) is 80.1 Å². The minimum Gasteiger partial charge on any atom is -0.309 e. The first-order chi connectivity index (χ1) is 23.8. The normalized spacial score (nSPS) is 11.8. The number of hydrogen-bond donors (Lipinski definition) is 0. The van der Waals surface area contributed by atoms with Crippen LogP contribution in [0.1, 0.15) is 0 Å². The molecule has 10 aromatic rings. The van der Waals surface area contributed by atoms with Gasteiger partial charge in [0.25, 0.3) is 0 Å². The SMILES string of the molecule is c1ccc2c(c1)ccc1ccc(N(c3ccc(-c4cccc5c4ccc4ccccc45)cc3)c3cccc4c3sc3ccccc34)cc12. The maximum Gasteiger partial charge on any atom is 0.0640 e. The van der Waals surface area contributed by atoms with E-state index in [4.69, 9.17) is 0 Å². The van der Waals surface area contributed by atoms with Crippen LogP contribution in [-0.4, -0.2) is 0 Å². The van der Waals surface area contributed by atoms with Crippen molar-refractivity contribution in [3.8, 4) is 11.1 Å². The lowest BCUT2D eigenvalue weighted by molar-refractivity contribution is 1.31. The predicted octanol–water partition coefficient (Wildman–Crippen LogP) is 13.8. The van der Waals surface area contributed by atoms with Gasteiger partial charge < -0.3 is 4.90 Å². The molecule has 0 aliphatic carbocycles. The van der Waals surface area contributed by atoms with Crippen LogP contribution in [0.25, 0.3) is 74.4 Å². The van der Waals surface area contributed by atoms with Crippen molar-refractivity contribution in [2.75, 3.05) is 4.90 Å². The molecule has 0 saturated heterocycles. The number of rotatable bonds is 4. The minimum absolute atomic E-state index is 1.13. The summed E-state index contributed by atoms with van der Waals surface area (Å²) in [4.78, 5) is 2.44. The van der Waals surface area contributed by atoms with Crippen molar-refractivity contribution in [2.45, 2.75) is 0 Å². The highest BCUT2D eigenvalue weighted by Gasteiger charge is 2.19. The maximum absolute atomic E-state index is 2.44. The topological polar surface area (TPSA) is 3.24 Å². The maximum atomic E-state index is 2.44. The van der Waals surface area contributed by atoms with Crippen LogP contribution in [-0.2, 0) is 0 Å². The molecule has 0 unspecified atom stereocenters. The first kappa shape index (κ1) is 27.2. The molecule has 48 heavy (non-hydrogen) atoms. The lowest BCUT2D eigenvalue weighted by Gasteiger charge is -2.27. The van der Waals surface area contributed by atoms with Crippen LogP contribution in [0.15, 0.2) is 176 Å². The molecule has 0 saturated carbocycles. The summed E-state index contributed by atoms with van der Waals surface area (Å²) >= 11 is 1.87. The zero-order chi connectivity index (χ0) is 31.6. The van der Waals surface area contributed by atoms with Crippen LogP contribution in [0.3, 0.4) is 0 Å². The number of hydrogen-bond acceptors (Lipinski definition) is 2. The van der Waals surface area contributed by atoms with Gasteiger partial charge in [0.05, 0.1) is 10.4 Å². The summed E-state index contributed by atoms with van der Waals surface area (Å²) in [5.41, 5.74) is 5.93. The zero-order valence-electron chi connectivity index (χ0n) is 26.1. The Hall–Kier alpha value is -5.96. The average Bonchev–Trinajstić information content (AvgIpc) is 3.54. The van der Waals surface area contributed by atoms with Crippen LogP contribution >= 0.6 is 11.3 Å². The molecule has 1 heterocycles. The standard InChI is InChI=1S/C46H29NS/c1-3-11-36-31(10-1)24-28-40-37(14-7-15-39(36)40)32-21-25-34(26-22-32)47(44-17-8-16-42-41-13-5-6-18-45(41)48-46(42)44)35-27-23-33-20-19-30-9-2-4-12-38(30)43(33)29-35/h1-29H. The van der Waals surface area contributed by atoms with Gasteiger partial charge in [-0.2, -0.15) is 0 Å². The molecule has 0 bridgehead atoms. The van der Waals surface area contributed by atoms with E-state index in [1.807, 2.05) is 11.3 Å². The Morgan fingerprint density at radius 2 is 0.938 bits per heavy atom. The molecular weight excluding hydrogens is 599 g/mol. The lowest BCUT2D eigenvalue weighted by atomic mass is 9.94. The van der Waals surface area contributed by atoms with Crippen LogP contribution in [0.2, 0.25) is 0 Å². The van der Waals surface area contributed by atoms with Gasteiger partial charge in [-0.05, 0) is 90.6 Å². The van der Waals surface area contributed by atoms with E-state index in [-0.39, 0.29) is 0 Å². The van der Waals surface area contributed by atoms with Gasteiger partial charge in [-0.15, -0.1) is 11.3 Å². The van der Waals surface area contributed by atoms with Crippen molar-refractivity contribution >= 4 is 91.7 Å². The van der Waals surface area contributed by atoms with Crippen molar-refractivity contribution in [2.24, 2.45) is 0 Å². The number of thiophene rings is 1. The fourth-order valence-corrected chi connectivity index (χ4v) is 8.75. The molecule has 0 aliphatic rings. The van der Waals surface area contributed by atoms with Gasteiger partial charge in [-0.3, -0.25) is 0 Å². The third-order valence-electron chi connectivity index (χ3n) is 9.84. The molecule has 9 aromatic carbocycles. The third-order valence-corrected chi connectivity index (χ3v) is 11.0. The van der Waals surface area contributed by atoms with Gasteiger partial charge in [-0.1, -0.05) is 140 Å². The lowest BCUT2D eigenvalue weighted by Crippen LogP contribution is -2.10. The summed E-state index contributed by atoms with van der Waals surface area (Å²) in [6, 6.07) is 64.5. The molecule has 0 atom stereocenters. The molecule has 0 N–H and O–H groups in total. The largest absolute Gasteiger partial charge is 0.309 e. The Bertz CT molecular complexity index is 2840. The van der Waals surface area contributed by atoms with Crippen LogP contribution < -0.4 is 4.90 Å². The van der Waals surface area contributed by atoms with E-state index < -0.39 is 0 Å². The molecule has 10 rings (SSSR count). The van der Waals surface area contributed by atoms with Gasteiger partial charge in [0, 0.05) is 26.8 Å². The van der Waals surface area contributed by atoms with Crippen LogP contribution in [0, 0.1) is 0 Å². The Labute approximate surface area is 282 Å². The highest BCUT2D eigenvalue weighted by molar-refractivity contribution is 7.26. The van der Waals surface area contributed by atoms with E-state index in [0.717, 1.165) is 11.4 Å². The summed E-state index contributed by atoms with van der Waals surface area (Å²) in [6.45, 7) is 0. The van der Waals surface area contributed by atoms with E-state index in [9.17, 15) is 0 Å². The number of fused-ring (bicyclic) bond motifs is 9. The van der Waals surface area contributed by atoms with E-state index in [0.29, 0.717) is 0 Å². The molecule has 0 radical (unpaired) electrons. The van der Waals surface area contributed by atoms with Crippen molar-refractivity contribution < 1.29 is 0 Å². The first-order valence-corrected chi connectivity index (χ1v) is 17.2. The zero-order valence-corrected chi connectivity index (χ0v) is 26.9. The molecule has 0 aliphatic heterocycles. The fraction of sp³-hybridized carbons (Fsp3) is 0. The van der Waals surface area contributed by atoms with Crippen LogP contribution in [0.5, 0.6) is 0 Å². The Kier molecular flexibility index (Phi) is 6.12. The first-order valence-electron chi connectivity index (χ1n) is 16.4. The van der Waals surface area contributed by atoms with E-state index >= 15 is 0 Å². The summed E-state index contributed by atoms with van der Waals surface area (Å²) in [7, 11) is 0. The van der Waals surface area contributed by atoms with Gasteiger partial charge in [0.1, 0.15) is 0 Å². The van der Waals surface area contributed by atoms with Crippen LogP contribution in [0.4, 0.5) is 17.1 Å². The molecular formula is C46H29NS. The van der Waals surface area contributed by atoms with Crippen molar-refractivity contribution in [3.05, 3.63) is 176 Å². The second-order valence-corrected chi connectivity index (χ2v) is 13.6. The second kappa shape index (κ2) is 10.8. The van der Waals surface area contributed by atoms with E-state index in [1.54, 1.807) is 0 Å². The van der Waals surface area contributed by atoms with Gasteiger partial charge in [0.15, 0.2) is 0 Å². The molecule has 0 spiro atoms. The predicted molar refractivity (Wildman–Crippen MR) is 209 cm³/mol. The highest BCUT2D eigenvalue weighted by Crippen LogP contribution is 2.46. The molecule has 224 valence electrons.